The molecule has 8 nitrogen and oxygen atoms in total. The molecule has 0 amide bonds. The minimum Gasteiger partial charge on any atom is -0.302 e. The van der Waals surface area contributed by atoms with Crippen LogP contribution < -0.4 is 0 Å². The molecule has 0 radical (unpaired) electrons. The van der Waals surface area contributed by atoms with Gasteiger partial charge in [0.15, 0.2) is 0 Å². The Hall–Kier alpha value is -1.03. The van der Waals surface area contributed by atoms with Crippen molar-refractivity contribution in [3.63, 3.8) is 0 Å². The van der Waals surface area contributed by atoms with Gasteiger partial charge in [-0.15, -0.1) is 6.42 Å². The van der Waals surface area contributed by atoms with E-state index in [4.69, 9.17) is 21.1 Å². The van der Waals surface area contributed by atoms with Gasteiger partial charge in [-0.3, -0.25) is 9.32 Å². The van der Waals surface area contributed by atoms with Gasteiger partial charge in [-0.1, -0.05) is 23.3 Å². The maximum atomic E-state index is 11.2. The van der Waals surface area contributed by atoms with E-state index < -0.39 is 15.6 Å². The van der Waals surface area contributed by atoms with E-state index in [0.29, 0.717) is 25.7 Å². The zero-order valence-corrected chi connectivity index (χ0v) is 15.3. The van der Waals surface area contributed by atoms with Crippen molar-refractivity contribution in [1.29, 1.82) is 0 Å². The summed E-state index contributed by atoms with van der Waals surface area (Å²) in [5.74, 6) is 1.82. The third kappa shape index (κ3) is 13.4. The van der Waals surface area contributed by atoms with E-state index in [2.05, 4.69) is 14.8 Å². The van der Waals surface area contributed by atoms with Crippen molar-refractivity contribution in [3.05, 3.63) is 23.3 Å². The smallest absolute Gasteiger partial charge is 0.302 e. The summed E-state index contributed by atoms with van der Waals surface area (Å²) in [5.41, 5.74) is 1.90. The summed E-state index contributed by atoms with van der Waals surface area (Å²) in [4.78, 5) is 37.0. The van der Waals surface area contributed by atoms with Crippen LogP contribution in [-0.2, 0) is 22.8 Å². The van der Waals surface area contributed by atoms with Crippen LogP contribution in [0.5, 0.6) is 0 Å². The number of ketones is 1. The summed E-state index contributed by atoms with van der Waals surface area (Å²) in [6, 6.07) is 0. The predicted octanol–water partition coefficient (Wildman–Crippen LogP) is 2.87. The summed E-state index contributed by atoms with van der Waals surface area (Å²) in [5, 5.41) is 0. The number of phosphoric acid groups is 2. The lowest BCUT2D eigenvalue weighted by molar-refractivity contribution is -0.113. The van der Waals surface area contributed by atoms with E-state index in [-0.39, 0.29) is 12.4 Å². The van der Waals surface area contributed by atoms with Gasteiger partial charge in [-0.2, -0.15) is 4.31 Å². The Morgan fingerprint density at radius 1 is 1.08 bits per heavy atom. The molecule has 0 saturated heterocycles. The molecule has 0 rings (SSSR count). The van der Waals surface area contributed by atoms with Crippen molar-refractivity contribution in [2.24, 2.45) is 0 Å². The van der Waals surface area contributed by atoms with Crippen molar-refractivity contribution in [2.45, 2.75) is 39.5 Å². The molecule has 0 aromatic heterocycles. The van der Waals surface area contributed by atoms with E-state index in [1.54, 1.807) is 6.92 Å². The summed E-state index contributed by atoms with van der Waals surface area (Å²) >= 11 is 0. The summed E-state index contributed by atoms with van der Waals surface area (Å²) in [6.07, 6.45) is 10.7. The highest BCUT2D eigenvalue weighted by molar-refractivity contribution is 7.60. The van der Waals surface area contributed by atoms with Crippen molar-refractivity contribution in [3.8, 4) is 12.3 Å². The second-order valence-corrected chi connectivity index (χ2v) is 7.87. The fourth-order valence-corrected chi connectivity index (χ4v) is 3.09. The SMILES string of the molecule is C#CC(=O)CC/C(C)=C/CC/C(C)=C/COP(=O)(O)OP(=O)(O)O. The first-order valence-electron chi connectivity index (χ1n) is 7.00. The van der Waals surface area contributed by atoms with Crippen LogP contribution in [-0.4, -0.2) is 27.1 Å². The van der Waals surface area contributed by atoms with Gasteiger partial charge in [0, 0.05) is 6.42 Å². The molecule has 24 heavy (non-hydrogen) atoms. The van der Waals surface area contributed by atoms with Gasteiger partial charge in [-0.25, -0.2) is 9.13 Å². The van der Waals surface area contributed by atoms with E-state index in [1.807, 2.05) is 13.0 Å². The topological polar surface area (TPSA) is 130 Å². The monoisotopic (exact) mass is 380 g/mol. The zero-order chi connectivity index (χ0) is 18.8. The molecular formula is C14H22O8P2. The number of hydrogen-bond donors (Lipinski definition) is 3. The molecule has 0 aliphatic heterocycles. The molecule has 0 fully saturated rings. The molecule has 0 bridgehead atoms. The highest BCUT2D eigenvalue weighted by Crippen LogP contribution is 2.57. The molecule has 10 heteroatoms. The molecule has 136 valence electrons. The molecule has 0 saturated carbocycles. The van der Waals surface area contributed by atoms with Crippen molar-refractivity contribution in [2.75, 3.05) is 6.61 Å². The Morgan fingerprint density at radius 3 is 2.21 bits per heavy atom. The molecule has 0 spiro atoms. The summed E-state index contributed by atoms with van der Waals surface area (Å²) in [7, 11) is -9.90. The lowest BCUT2D eigenvalue weighted by Gasteiger charge is -2.11. The average Bonchev–Trinajstić information content (AvgIpc) is 2.41. The molecule has 0 aliphatic carbocycles. The molecule has 0 aromatic carbocycles. The number of carbonyl (C=O) groups is 1. The Bertz CT molecular complexity index is 623. The maximum absolute atomic E-state index is 11.2. The number of allylic oxidation sites excluding steroid dienone is 3. The molecule has 0 heterocycles. The first-order chi connectivity index (χ1) is 10.9. The Labute approximate surface area is 141 Å². The second-order valence-electron chi connectivity index (χ2n) is 5.04. The lowest BCUT2D eigenvalue weighted by atomic mass is 10.1. The highest BCUT2D eigenvalue weighted by atomic mass is 31.3. The number of Topliss-reactive ketones (excluding diaryl/α,β-unsaturated/α-hetero) is 1. The van der Waals surface area contributed by atoms with E-state index in [0.717, 1.165) is 11.1 Å². The summed E-state index contributed by atoms with van der Waals surface area (Å²) < 4.78 is 29.8. The standard InChI is InChI=1S/C14H22O8P2/c1-4-14(15)9-8-12(2)6-5-7-13(3)10-11-21-24(19,20)22-23(16,17)18/h1,6,10H,5,7-9,11H2,2-3H3,(H,19,20)(H2,16,17,18)/b12-6+,13-10+. The number of phosphoric ester groups is 1. The molecule has 0 aromatic rings. The molecule has 0 aliphatic rings. The number of carbonyl (C=O) groups excluding carboxylic acids is 1. The third-order valence-corrected chi connectivity index (χ3v) is 4.97. The van der Waals surface area contributed by atoms with Crippen molar-refractivity contribution < 1.29 is 37.4 Å². The van der Waals surface area contributed by atoms with Crippen LogP contribution in [0.1, 0.15) is 39.5 Å². The Morgan fingerprint density at radius 2 is 1.67 bits per heavy atom. The van der Waals surface area contributed by atoms with Crippen molar-refractivity contribution >= 4 is 21.4 Å². The number of hydrogen-bond acceptors (Lipinski definition) is 5. The molecule has 3 N–H and O–H groups in total. The minimum absolute atomic E-state index is 0.234. The summed E-state index contributed by atoms with van der Waals surface area (Å²) in [6.45, 7) is 3.35. The van der Waals surface area contributed by atoms with Gasteiger partial charge in [0.25, 0.3) is 0 Å². The molecule has 1 atom stereocenters. The highest BCUT2D eigenvalue weighted by Gasteiger charge is 2.31. The van der Waals surface area contributed by atoms with E-state index in [1.165, 1.54) is 6.08 Å². The number of terminal acetylenes is 1. The zero-order valence-electron chi connectivity index (χ0n) is 13.5. The predicted molar refractivity (Wildman–Crippen MR) is 88.7 cm³/mol. The average molecular weight is 380 g/mol. The van der Waals surface area contributed by atoms with Gasteiger partial charge in [-0.05, 0) is 39.0 Å². The van der Waals surface area contributed by atoms with Gasteiger partial charge >= 0.3 is 15.6 Å². The fourth-order valence-electron chi connectivity index (χ4n) is 1.56. The largest absolute Gasteiger partial charge is 0.481 e. The second kappa shape index (κ2) is 10.8. The van der Waals surface area contributed by atoms with Crippen LogP contribution >= 0.6 is 15.6 Å². The third-order valence-electron chi connectivity index (χ3n) is 2.82. The maximum Gasteiger partial charge on any atom is 0.481 e. The quantitative estimate of drug-likeness (QED) is 0.216. The lowest BCUT2D eigenvalue weighted by Crippen LogP contribution is -1.95. The van der Waals surface area contributed by atoms with E-state index in [9.17, 15) is 13.9 Å². The Kier molecular flexibility index (Phi) is 10.3. The van der Waals surface area contributed by atoms with Crippen LogP contribution in [0.25, 0.3) is 0 Å². The van der Waals surface area contributed by atoms with Crippen LogP contribution in [0.2, 0.25) is 0 Å². The molecular weight excluding hydrogens is 358 g/mol. The first kappa shape index (κ1) is 23.0. The number of rotatable bonds is 11. The van der Waals surface area contributed by atoms with Crippen LogP contribution in [0.3, 0.4) is 0 Å². The van der Waals surface area contributed by atoms with Gasteiger partial charge < -0.3 is 14.7 Å². The first-order valence-corrected chi connectivity index (χ1v) is 10.0. The van der Waals surface area contributed by atoms with Crippen molar-refractivity contribution in [1.82, 2.24) is 0 Å². The van der Waals surface area contributed by atoms with Gasteiger partial charge in [0.05, 0.1) is 6.61 Å². The Balaban J connectivity index is 4.20. The molecule has 1 unspecified atom stereocenters. The minimum atomic E-state index is -5.10. The van der Waals surface area contributed by atoms with E-state index >= 15 is 0 Å². The normalized spacial score (nSPS) is 15.7. The fraction of sp³-hybridized carbons (Fsp3) is 0.500. The van der Waals surface area contributed by atoms with Gasteiger partial charge in [0.2, 0.25) is 5.78 Å². The van der Waals surface area contributed by atoms with Gasteiger partial charge in [0.1, 0.15) is 0 Å². The van der Waals surface area contributed by atoms with Crippen LogP contribution in [0.4, 0.5) is 0 Å². The van der Waals surface area contributed by atoms with Crippen LogP contribution in [0.15, 0.2) is 23.3 Å². The van der Waals surface area contributed by atoms with Crippen LogP contribution in [0, 0.1) is 12.3 Å².